The van der Waals surface area contributed by atoms with Gasteiger partial charge in [-0.05, 0) is 19.9 Å². The zero-order chi connectivity index (χ0) is 26.7. The molecule has 4 heterocycles. The van der Waals surface area contributed by atoms with E-state index in [-0.39, 0.29) is 17.1 Å². The van der Waals surface area contributed by atoms with Crippen molar-refractivity contribution >= 4 is 28.3 Å². The first-order valence-corrected chi connectivity index (χ1v) is 11.0. The monoisotopic (exact) mass is 513 g/mol. The molecule has 4 aromatic rings. The molecule has 14 heteroatoms. The highest BCUT2D eigenvalue weighted by atomic mass is 19.3. The SMILES string of the molecule is CC(C)(O)[C@H](F)CNC(=O)c1cnc(-n2ncc3cc(C#N)cnc32)cc1Nc1cnn(CC(F)F)c1. The van der Waals surface area contributed by atoms with Gasteiger partial charge in [-0.3, -0.25) is 9.48 Å². The van der Waals surface area contributed by atoms with Crippen molar-refractivity contribution in [2.45, 2.75) is 38.6 Å². The molecule has 0 unspecified atom stereocenters. The van der Waals surface area contributed by atoms with Crippen LogP contribution in [0.2, 0.25) is 0 Å². The fourth-order valence-electron chi connectivity index (χ4n) is 3.35. The van der Waals surface area contributed by atoms with Gasteiger partial charge in [-0.25, -0.2) is 23.1 Å². The lowest BCUT2D eigenvalue weighted by molar-refractivity contribution is -0.00177. The normalized spacial score (nSPS) is 12.5. The number of hydrogen-bond donors (Lipinski definition) is 3. The molecule has 0 aliphatic heterocycles. The molecule has 4 aromatic heterocycles. The number of amides is 1. The van der Waals surface area contributed by atoms with Crippen molar-refractivity contribution in [2.75, 3.05) is 11.9 Å². The molecule has 1 amide bonds. The van der Waals surface area contributed by atoms with E-state index in [1.54, 1.807) is 6.07 Å². The third-order valence-electron chi connectivity index (χ3n) is 5.33. The number of nitrogens with zero attached hydrogens (tertiary/aromatic N) is 7. The predicted octanol–water partition coefficient (Wildman–Crippen LogP) is 2.73. The zero-order valence-corrected chi connectivity index (χ0v) is 19.7. The van der Waals surface area contributed by atoms with Crippen molar-refractivity contribution < 1.29 is 23.1 Å². The lowest BCUT2D eigenvalue weighted by atomic mass is 10.0. The molecule has 0 fully saturated rings. The van der Waals surface area contributed by atoms with E-state index >= 15 is 0 Å². The zero-order valence-electron chi connectivity index (χ0n) is 19.7. The number of fused-ring (bicyclic) bond motifs is 1. The van der Waals surface area contributed by atoms with E-state index in [9.17, 15) is 23.1 Å². The molecular formula is C23H22F3N9O2. The van der Waals surface area contributed by atoms with E-state index in [0.717, 1.165) is 4.68 Å². The minimum Gasteiger partial charge on any atom is -0.387 e. The molecule has 0 radical (unpaired) electrons. The van der Waals surface area contributed by atoms with Gasteiger partial charge in [0.25, 0.3) is 12.3 Å². The molecule has 0 saturated carbocycles. The molecule has 3 N–H and O–H groups in total. The van der Waals surface area contributed by atoms with Gasteiger partial charge in [0.1, 0.15) is 18.8 Å². The third kappa shape index (κ3) is 5.84. The minimum atomic E-state index is -2.60. The van der Waals surface area contributed by atoms with Gasteiger partial charge in [0, 0.05) is 30.0 Å². The Hall–Kier alpha value is -4.51. The highest BCUT2D eigenvalue weighted by Gasteiger charge is 2.27. The van der Waals surface area contributed by atoms with Crippen LogP contribution in [0.1, 0.15) is 29.8 Å². The quantitative estimate of drug-likeness (QED) is 0.310. The van der Waals surface area contributed by atoms with Crippen molar-refractivity contribution in [3.8, 4) is 11.9 Å². The number of alkyl halides is 3. The number of hydrogen-bond acceptors (Lipinski definition) is 8. The first-order chi connectivity index (χ1) is 17.5. The van der Waals surface area contributed by atoms with E-state index in [1.165, 1.54) is 55.6 Å². The molecule has 4 rings (SSSR count). The van der Waals surface area contributed by atoms with Crippen LogP contribution in [-0.4, -0.2) is 65.3 Å². The first kappa shape index (κ1) is 25.6. The Bertz CT molecular complexity index is 1470. The van der Waals surface area contributed by atoms with E-state index in [0.29, 0.717) is 22.3 Å². The molecule has 0 bridgehead atoms. The fourth-order valence-corrected chi connectivity index (χ4v) is 3.35. The van der Waals surface area contributed by atoms with Crippen LogP contribution in [-0.2, 0) is 6.54 Å². The maximum Gasteiger partial charge on any atom is 0.257 e. The lowest BCUT2D eigenvalue weighted by Crippen LogP contribution is -2.42. The van der Waals surface area contributed by atoms with Crippen LogP contribution in [0.3, 0.4) is 0 Å². The fraction of sp³-hybridized carbons (Fsp3) is 0.304. The van der Waals surface area contributed by atoms with Crippen LogP contribution in [0.5, 0.6) is 0 Å². The largest absolute Gasteiger partial charge is 0.387 e. The summed E-state index contributed by atoms with van der Waals surface area (Å²) in [4.78, 5) is 21.4. The van der Waals surface area contributed by atoms with Crippen LogP contribution >= 0.6 is 0 Å². The number of nitrogens with one attached hydrogen (secondary N) is 2. The maximum absolute atomic E-state index is 14.2. The van der Waals surface area contributed by atoms with Gasteiger partial charge in [-0.15, -0.1) is 0 Å². The number of nitriles is 1. The summed E-state index contributed by atoms with van der Waals surface area (Å²) >= 11 is 0. The van der Waals surface area contributed by atoms with Crippen LogP contribution in [0.15, 0.2) is 43.1 Å². The lowest BCUT2D eigenvalue weighted by Gasteiger charge is -2.22. The van der Waals surface area contributed by atoms with Crippen LogP contribution in [0.4, 0.5) is 24.5 Å². The van der Waals surface area contributed by atoms with Crippen LogP contribution < -0.4 is 10.6 Å². The number of carbonyl (C=O) groups is 1. The van der Waals surface area contributed by atoms with E-state index in [1.807, 2.05) is 6.07 Å². The molecule has 0 aliphatic rings. The molecule has 37 heavy (non-hydrogen) atoms. The van der Waals surface area contributed by atoms with Gasteiger partial charge in [0.05, 0.1) is 47.0 Å². The molecule has 0 saturated heterocycles. The highest BCUT2D eigenvalue weighted by molar-refractivity contribution is 6.00. The second-order valence-electron chi connectivity index (χ2n) is 8.69. The Morgan fingerprint density at radius 2 is 1.95 bits per heavy atom. The van der Waals surface area contributed by atoms with Gasteiger partial charge in [-0.2, -0.15) is 20.1 Å². The number of aromatic nitrogens is 6. The minimum absolute atomic E-state index is 0.0180. The summed E-state index contributed by atoms with van der Waals surface area (Å²) in [6.07, 6.45) is 2.45. The number of pyridine rings is 2. The van der Waals surface area contributed by atoms with E-state index < -0.39 is 37.2 Å². The van der Waals surface area contributed by atoms with Crippen molar-refractivity contribution in [3.05, 3.63) is 54.2 Å². The Balaban J connectivity index is 1.69. The predicted molar refractivity (Wildman–Crippen MR) is 126 cm³/mol. The topological polar surface area (TPSA) is 147 Å². The van der Waals surface area contributed by atoms with E-state index in [4.69, 9.17) is 5.26 Å². The number of rotatable bonds is 9. The van der Waals surface area contributed by atoms with Crippen molar-refractivity contribution in [3.63, 3.8) is 0 Å². The van der Waals surface area contributed by atoms with Gasteiger partial charge < -0.3 is 15.7 Å². The summed E-state index contributed by atoms with van der Waals surface area (Å²) in [5.74, 6) is -0.429. The van der Waals surface area contributed by atoms with Crippen molar-refractivity contribution in [1.29, 1.82) is 5.26 Å². The summed E-state index contributed by atoms with van der Waals surface area (Å²) in [6.45, 7) is 1.50. The highest BCUT2D eigenvalue weighted by Crippen LogP contribution is 2.25. The molecule has 0 aromatic carbocycles. The van der Waals surface area contributed by atoms with Crippen molar-refractivity contribution in [2.24, 2.45) is 0 Å². The molecule has 1 atom stereocenters. The van der Waals surface area contributed by atoms with Crippen LogP contribution in [0, 0.1) is 11.3 Å². The molecular weight excluding hydrogens is 491 g/mol. The maximum atomic E-state index is 14.2. The number of halogens is 3. The molecule has 0 spiro atoms. The summed E-state index contributed by atoms with van der Waals surface area (Å²) in [5, 5.41) is 33.0. The Morgan fingerprint density at radius 1 is 1.16 bits per heavy atom. The van der Waals surface area contributed by atoms with E-state index in [2.05, 4.69) is 30.8 Å². The number of anilines is 2. The van der Waals surface area contributed by atoms with Crippen LogP contribution in [0.25, 0.3) is 16.9 Å². The first-order valence-electron chi connectivity index (χ1n) is 11.0. The average Bonchev–Trinajstić information content (AvgIpc) is 3.47. The van der Waals surface area contributed by atoms with Gasteiger partial charge >= 0.3 is 0 Å². The number of carbonyl (C=O) groups excluding carboxylic acids is 1. The van der Waals surface area contributed by atoms with Gasteiger partial charge in [-0.1, -0.05) is 0 Å². The number of aliphatic hydroxyl groups is 1. The summed E-state index contributed by atoms with van der Waals surface area (Å²) in [5.41, 5.74) is -0.361. The Kier molecular flexibility index (Phi) is 7.07. The smallest absolute Gasteiger partial charge is 0.257 e. The molecule has 192 valence electrons. The average molecular weight is 513 g/mol. The summed E-state index contributed by atoms with van der Waals surface area (Å²) in [7, 11) is 0. The van der Waals surface area contributed by atoms with Gasteiger partial charge in [0.2, 0.25) is 0 Å². The Morgan fingerprint density at radius 3 is 2.65 bits per heavy atom. The summed E-state index contributed by atoms with van der Waals surface area (Å²) < 4.78 is 42.1. The molecule has 11 nitrogen and oxygen atoms in total. The molecule has 0 aliphatic carbocycles. The standard InChI is InChI=1S/C23H22F3N9O2/c1-23(2,37)18(24)10-30-22(36)16-9-28-20(35-21-14(7-32-35)3-13(5-27)6-29-21)4-17(16)33-15-8-31-34(11-15)12-19(25)26/h3-4,6-9,11,18-19,37H,10,12H2,1-2H3,(H,28,33)(H,30,36)/t18-/m1/s1. The second-order valence-corrected chi connectivity index (χ2v) is 8.69. The summed E-state index contributed by atoms with van der Waals surface area (Å²) in [6, 6.07) is 5.09. The third-order valence-corrected chi connectivity index (χ3v) is 5.33. The Labute approximate surface area is 208 Å². The van der Waals surface area contributed by atoms with Gasteiger partial charge in [0.15, 0.2) is 11.5 Å². The second kappa shape index (κ2) is 10.2. The van der Waals surface area contributed by atoms with Crippen molar-refractivity contribution in [1.82, 2.24) is 34.8 Å².